The summed E-state index contributed by atoms with van der Waals surface area (Å²) in [5.74, 6) is 0. The molecule has 0 nitrogen and oxygen atoms in total. The lowest BCUT2D eigenvalue weighted by Crippen LogP contribution is -2.01. The van der Waals surface area contributed by atoms with Crippen molar-refractivity contribution in [3.63, 3.8) is 0 Å². The van der Waals surface area contributed by atoms with Crippen LogP contribution >= 0.6 is 0 Å². The molecule has 2 aliphatic rings. The van der Waals surface area contributed by atoms with E-state index in [0.29, 0.717) is 0 Å². The summed E-state index contributed by atoms with van der Waals surface area (Å²) in [4.78, 5) is 0. The van der Waals surface area contributed by atoms with E-state index in [1.54, 1.807) is 5.57 Å². The lowest BCUT2D eigenvalue weighted by Gasteiger charge is -2.19. The van der Waals surface area contributed by atoms with Crippen LogP contribution in [-0.4, -0.2) is 0 Å². The number of benzene rings is 3. The van der Waals surface area contributed by atoms with Gasteiger partial charge in [0.05, 0.1) is 0 Å². The quantitative estimate of drug-likeness (QED) is 0.526. The number of aryl methyl sites for hydroxylation is 1. The third kappa shape index (κ3) is 1.17. The van der Waals surface area contributed by atoms with Crippen molar-refractivity contribution < 1.29 is 0 Å². The fourth-order valence-electron chi connectivity index (χ4n) is 3.91. The smallest absolute Gasteiger partial charge is 0.00295 e. The largest absolute Gasteiger partial charge is 0.0620 e. The van der Waals surface area contributed by atoms with Crippen molar-refractivity contribution in [2.75, 3.05) is 0 Å². The molecule has 0 saturated heterocycles. The Bertz CT molecular complexity index is 892. The number of rotatable bonds is 0. The number of fused-ring (bicyclic) bond motifs is 4. The molecule has 0 radical (unpaired) electrons. The Labute approximate surface area is 118 Å². The Morgan fingerprint density at radius 3 is 2.25 bits per heavy atom. The summed E-state index contributed by atoms with van der Waals surface area (Å²) >= 11 is 0. The molecule has 0 atom stereocenters. The van der Waals surface area contributed by atoms with Crippen LogP contribution in [0.1, 0.15) is 28.7 Å². The van der Waals surface area contributed by atoms with Crippen LogP contribution in [0.4, 0.5) is 0 Å². The molecule has 5 rings (SSSR count). The van der Waals surface area contributed by atoms with Gasteiger partial charge in [-0.15, -0.1) is 0 Å². The van der Waals surface area contributed by atoms with Gasteiger partial charge in [0, 0.05) is 0 Å². The van der Waals surface area contributed by atoms with Crippen LogP contribution in [-0.2, 0) is 6.42 Å². The van der Waals surface area contributed by atoms with Crippen molar-refractivity contribution in [2.24, 2.45) is 0 Å². The topological polar surface area (TPSA) is 0 Å². The summed E-state index contributed by atoms with van der Waals surface area (Å²) in [5, 5.41) is 2.82. The first-order chi connectivity index (χ1) is 9.93. The van der Waals surface area contributed by atoms with Crippen LogP contribution in [0.5, 0.6) is 0 Å². The predicted molar refractivity (Wildman–Crippen MR) is 84.6 cm³/mol. The fourth-order valence-corrected chi connectivity index (χ4v) is 3.91. The second-order valence-electron chi connectivity index (χ2n) is 5.72. The maximum Gasteiger partial charge on any atom is -0.00295 e. The third-order valence-corrected chi connectivity index (χ3v) is 4.73. The molecular formula is C20H14. The minimum Gasteiger partial charge on any atom is -0.0620 e. The van der Waals surface area contributed by atoms with E-state index < -0.39 is 0 Å². The summed E-state index contributed by atoms with van der Waals surface area (Å²) in [6.45, 7) is 0. The number of allylic oxidation sites excluding steroid dienone is 1. The molecule has 0 amide bonds. The molecule has 0 unspecified atom stereocenters. The second-order valence-corrected chi connectivity index (χ2v) is 5.72. The van der Waals surface area contributed by atoms with E-state index in [1.165, 1.54) is 51.4 Å². The lowest BCUT2D eigenvalue weighted by molar-refractivity contribution is 0.999. The molecule has 0 heterocycles. The first kappa shape index (κ1) is 10.4. The molecule has 0 N–H and O–H groups in total. The van der Waals surface area contributed by atoms with Crippen LogP contribution in [0.3, 0.4) is 0 Å². The zero-order valence-electron chi connectivity index (χ0n) is 11.2. The van der Waals surface area contributed by atoms with E-state index in [1.807, 2.05) is 0 Å². The van der Waals surface area contributed by atoms with Crippen molar-refractivity contribution in [3.05, 3.63) is 82.9 Å². The molecule has 20 heavy (non-hydrogen) atoms. The molecule has 0 aromatic heterocycles. The Balaban J connectivity index is 1.94. The molecule has 0 aliphatic heterocycles. The number of hydrogen-bond acceptors (Lipinski definition) is 0. The Morgan fingerprint density at radius 1 is 0.600 bits per heavy atom. The first-order valence-electron chi connectivity index (χ1n) is 7.27. The highest BCUT2D eigenvalue weighted by Crippen LogP contribution is 2.49. The third-order valence-electron chi connectivity index (χ3n) is 4.73. The monoisotopic (exact) mass is 254 g/mol. The molecule has 2 aliphatic carbocycles. The van der Waals surface area contributed by atoms with E-state index >= 15 is 0 Å². The lowest BCUT2D eigenvalue weighted by atomic mass is 9.84. The zero-order chi connectivity index (χ0) is 13.1. The maximum absolute atomic E-state index is 2.29. The van der Waals surface area contributed by atoms with E-state index in [2.05, 4.69) is 60.7 Å². The van der Waals surface area contributed by atoms with Crippen LogP contribution < -0.4 is 0 Å². The molecule has 0 bridgehead atoms. The van der Waals surface area contributed by atoms with Gasteiger partial charge in [-0.1, -0.05) is 60.7 Å². The van der Waals surface area contributed by atoms with Gasteiger partial charge in [-0.2, -0.15) is 0 Å². The van der Waals surface area contributed by atoms with Gasteiger partial charge in [-0.05, 0) is 57.0 Å². The van der Waals surface area contributed by atoms with E-state index in [0.717, 1.165) is 0 Å². The van der Waals surface area contributed by atoms with Crippen molar-refractivity contribution in [1.29, 1.82) is 0 Å². The highest BCUT2D eigenvalue weighted by atomic mass is 14.3. The normalized spacial score (nSPS) is 15.4. The predicted octanol–water partition coefficient (Wildman–Crippen LogP) is 5.06. The summed E-state index contributed by atoms with van der Waals surface area (Å²) < 4.78 is 0. The minimum absolute atomic E-state index is 1.17. The van der Waals surface area contributed by atoms with Crippen molar-refractivity contribution in [3.8, 4) is 0 Å². The van der Waals surface area contributed by atoms with Gasteiger partial charge in [-0.3, -0.25) is 0 Å². The van der Waals surface area contributed by atoms with E-state index in [9.17, 15) is 0 Å². The minimum atomic E-state index is 1.17. The Morgan fingerprint density at radius 2 is 1.35 bits per heavy atom. The van der Waals surface area contributed by atoms with Gasteiger partial charge in [0.15, 0.2) is 0 Å². The highest BCUT2D eigenvalue weighted by Gasteiger charge is 2.28. The zero-order valence-corrected chi connectivity index (χ0v) is 11.2. The van der Waals surface area contributed by atoms with Crippen LogP contribution in [0.2, 0.25) is 0 Å². The molecule has 0 saturated carbocycles. The second kappa shape index (κ2) is 3.61. The molecule has 0 spiro atoms. The van der Waals surface area contributed by atoms with E-state index in [-0.39, 0.29) is 0 Å². The SMILES string of the molecule is c1ccc2c(c1)CCC1=C2c2cccc3cccc1c23. The molecule has 0 heteroatoms. The van der Waals surface area contributed by atoms with Crippen molar-refractivity contribution in [2.45, 2.75) is 12.8 Å². The average Bonchev–Trinajstić information content (AvgIpc) is 2.85. The molecule has 94 valence electrons. The van der Waals surface area contributed by atoms with Gasteiger partial charge < -0.3 is 0 Å². The summed E-state index contributed by atoms with van der Waals surface area (Å²) in [6, 6.07) is 22.3. The summed E-state index contributed by atoms with van der Waals surface area (Å²) in [6.07, 6.45) is 2.33. The molecule has 3 aromatic carbocycles. The summed E-state index contributed by atoms with van der Waals surface area (Å²) in [7, 11) is 0. The van der Waals surface area contributed by atoms with Gasteiger partial charge in [0.1, 0.15) is 0 Å². The van der Waals surface area contributed by atoms with Crippen molar-refractivity contribution in [1.82, 2.24) is 0 Å². The first-order valence-corrected chi connectivity index (χ1v) is 7.27. The molecule has 0 fully saturated rings. The number of hydrogen-bond donors (Lipinski definition) is 0. The summed E-state index contributed by atoms with van der Waals surface area (Å²) in [5.41, 5.74) is 8.87. The molecular weight excluding hydrogens is 240 g/mol. The fraction of sp³-hybridized carbons (Fsp3) is 0.100. The van der Waals surface area contributed by atoms with E-state index in [4.69, 9.17) is 0 Å². The standard InChI is InChI=1S/C20H14/c1-2-8-15-13(5-1)11-12-17-16-9-3-6-14-7-4-10-18(19(14)16)20(15)17/h1-10H,11-12H2. The van der Waals surface area contributed by atoms with Gasteiger partial charge in [0.25, 0.3) is 0 Å². The average molecular weight is 254 g/mol. The van der Waals surface area contributed by atoms with Crippen LogP contribution in [0, 0.1) is 0 Å². The van der Waals surface area contributed by atoms with Crippen LogP contribution in [0.15, 0.2) is 60.7 Å². The van der Waals surface area contributed by atoms with Crippen LogP contribution in [0.25, 0.3) is 21.9 Å². The molecule has 3 aromatic rings. The van der Waals surface area contributed by atoms with Gasteiger partial charge >= 0.3 is 0 Å². The van der Waals surface area contributed by atoms with Crippen molar-refractivity contribution >= 4 is 21.9 Å². The highest BCUT2D eigenvalue weighted by molar-refractivity contribution is 6.18. The van der Waals surface area contributed by atoms with Gasteiger partial charge in [0.2, 0.25) is 0 Å². The Kier molecular flexibility index (Phi) is 1.88. The Hall–Kier alpha value is -2.34. The maximum atomic E-state index is 2.29. The van der Waals surface area contributed by atoms with Gasteiger partial charge in [-0.25, -0.2) is 0 Å².